The van der Waals surface area contributed by atoms with Crippen LogP contribution in [0, 0.1) is 6.92 Å². The first-order valence-corrected chi connectivity index (χ1v) is 7.79. The molecule has 0 aliphatic rings. The van der Waals surface area contributed by atoms with Gasteiger partial charge in [-0.25, -0.2) is 4.98 Å². The van der Waals surface area contributed by atoms with Gasteiger partial charge in [-0.1, -0.05) is 6.07 Å². The van der Waals surface area contributed by atoms with Crippen LogP contribution in [0.1, 0.15) is 22.5 Å². The standard InChI is InChI=1S/C14H17N3O2S/c1-10-5-3-6-12-16-9-11(14(19)17(10)12)13(18)15-7-4-8-20-2/h3,5-6,9H,4,7-8H2,1-2H3,(H,15,18). The van der Waals surface area contributed by atoms with Crippen molar-refractivity contribution >= 4 is 23.3 Å². The quantitative estimate of drug-likeness (QED) is 0.848. The van der Waals surface area contributed by atoms with Crippen LogP contribution in [-0.2, 0) is 0 Å². The highest BCUT2D eigenvalue weighted by Gasteiger charge is 2.13. The Morgan fingerprint density at radius 3 is 3.00 bits per heavy atom. The smallest absolute Gasteiger partial charge is 0.270 e. The van der Waals surface area contributed by atoms with Crippen molar-refractivity contribution in [1.29, 1.82) is 0 Å². The normalized spacial score (nSPS) is 10.7. The van der Waals surface area contributed by atoms with Gasteiger partial charge >= 0.3 is 0 Å². The number of carbonyl (C=O) groups is 1. The van der Waals surface area contributed by atoms with Gasteiger partial charge in [0.15, 0.2) is 0 Å². The zero-order valence-electron chi connectivity index (χ0n) is 11.5. The lowest BCUT2D eigenvalue weighted by Gasteiger charge is -2.07. The predicted molar refractivity (Wildman–Crippen MR) is 81.5 cm³/mol. The summed E-state index contributed by atoms with van der Waals surface area (Å²) >= 11 is 1.73. The van der Waals surface area contributed by atoms with E-state index in [9.17, 15) is 9.59 Å². The lowest BCUT2D eigenvalue weighted by atomic mass is 10.2. The van der Waals surface area contributed by atoms with Crippen molar-refractivity contribution in [1.82, 2.24) is 14.7 Å². The summed E-state index contributed by atoms with van der Waals surface area (Å²) in [7, 11) is 0. The van der Waals surface area contributed by atoms with Crippen molar-refractivity contribution in [2.24, 2.45) is 0 Å². The molecule has 0 unspecified atom stereocenters. The number of aromatic nitrogens is 2. The average molecular weight is 291 g/mol. The van der Waals surface area contributed by atoms with Crippen molar-refractivity contribution in [3.05, 3.63) is 46.0 Å². The molecule has 0 atom stereocenters. The Hall–Kier alpha value is -1.82. The summed E-state index contributed by atoms with van der Waals surface area (Å²) in [5, 5.41) is 2.75. The molecule has 5 nitrogen and oxygen atoms in total. The number of carbonyl (C=O) groups excluding carboxylic acids is 1. The summed E-state index contributed by atoms with van der Waals surface area (Å²) < 4.78 is 1.46. The molecular weight excluding hydrogens is 274 g/mol. The van der Waals surface area contributed by atoms with E-state index in [2.05, 4.69) is 10.3 Å². The zero-order chi connectivity index (χ0) is 14.5. The largest absolute Gasteiger partial charge is 0.352 e. The molecule has 0 fully saturated rings. The summed E-state index contributed by atoms with van der Waals surface area (Å²) in [6.07, 6.45) is 4.25. The molecule has 0 saturated carbocycles. The van der Waals surface area contributed by atoms with E-state index in [1.165, 1.54) is 10.6 Å². The molecule has 106 valence electrons. The van der Waals surface area contributed by atoms with Crippen molar-refractivity contribution in [2.75, 3.05) is 18.6 Å². The van der Waals surface area contributed by atoms with Crippen LogP contribution in [0.3, 0.4) is 0 Å². The Morgan fingerprint density at radius 1 is 1.45 bits per heavy atom. The zero-order valence-corrected chi connectivity index (χ0v) is 12.4. The molecular formula is C14H17N3O2S. The Morgan fingerprint density at radius 2 is 2.25 bits per heavy atom. The first-order valence-electron chi connectivity index (χ1n) is 6.39. The van der Waals surface area contributed by atoms with Crippen LogP contribution in [0.15, 0.2) is 29.2 Å². The molecule has 0 aromatic carbocycles. The number of nitrogens with one attached hydrogen (secondary N) is 1. The molecule has 2 aromatic heterocycles. The van der Waals surface area contributed by atoms with Crippen molar-refractivity contribution < 1.29 is 4.79 Å². The number of nitrogens with zero attached hydrogens (tertiary/aromatic N) is 2. The second-order valence-electron chi connectivity index (χ2n) is 4.44. The van der Waals surface area contributed by atoms with Gasteiger partial charge in [-0.2, -0.15) is 11.8 Å². The number of thioether (sulfide) groups is 1. The van der Waals surface area contributed by atoms with Gasteiger partial charge in [0.2, 0.25) is 0 Å². The number of aryl methyl sites for hydroxylation is 1. The number of hydrogen-bond donors (Lipinski definition) is 1. The van der Waals surface area contributed by atoms with Gasteiger partial charge in [-0.15, -0.1) is 0 Å². The molecule has 1 N–H and O–H groups in total. The van der Waals surface area contributed by atoms with Crippen LogP contribution in [-0.4, -0.2) is 33.8 Å². The fourth-order valence-corrected chi connectivity index (χ4v) is 2.38. The summed E-state index contributed by atoms with van der Waals surface area (Å²) in [6.45, 7) is 2.38. The fourth-order valence-electron chi connectivity index (χ4n) is 1.94. The van der Waals surface area contributed by atoms with Gasteiger partial charge in [-0.3, -0.25) is 14.0 Å². The first-order chi connectivity index (χ1) is 9.65. The van der Waals surface area contributed by atoms with Gasteiger partial charge < -0.3 is 5.32 Å². The topological polar surface area (TPSA) is 63.5 Å². The second-order valence-corrected chi connectivity index (χ2v) is 5.43. The minimum Gasteiger partial charge on any atom is -0.352 e. The van der Waals surface area contributed by atoms with E-state index in [0.29, 0.717) is 12.2 Å². The summed E-state index contributed by atoms with van der Waals surface area (Å²) in [6, 6.07) is 5.39. The van der Waals surface area contributed by atoms with Gasteiger partial charge in [0.25, 0.3) is 11.5 Å². The Kier molecular flexibility index (Phi) is 4.79. The van der Waals surface area contributed by atoms with Gasteiger partial charge in [-0.05, 0) is 37.5 Å². The van der Waals surface area contributed by atoms with Crippen LogP contribution in [0.25, 0.3) is 5.65 Å². The van der Waals surface area contributed by atoms with E-state index in [4.69, 9.17) is 0 Å². The number of pyridine rings is 1. The van der Waals surface area contributed by atoms with E-state index in [1.54, 1.807) is 17.8 Å². The molecule has 2 rings (SSSR count). The maximum atomic E-state index is 12.3. The van der Waals surface area contributed by atoms with E-state index < -0.39 is 0 Å². The molecule has 0 radical (unpaired) electrons. The molecule has 0 aliphatic carbocycles. The van der Waals surface area contributed by atoms with Crippen LogP contribution >= 0.6 is 11.8 Å². The summed E-state index contributed by atoms with van der Waals surface area (Å²) in [5.41, 5.74) is 1.07. The number of hydrogen-bond acceptors (Lipinski definition) is 4. The third kappa shape index (κ3) is 3.01. The SMILES string of the molecule is CSCCCNC(=O)c1cnc2cccc(C)n2c1=O. The van der Waals surface area contributed by atoms with Crippen LogP contribution in [0.4, 0.5) is 0 Å². The first kappa shape index (κ1) is 14.6. The maximum Gasteiger partial charge on any atom is 0.270 e. The van der Waals surface area contributed by atoms with Crippen molar-refractivity contribution in [3.63, 3.8) is 0 Å². The van der Waals surface area contributed by atoms with Gasteiger partial charge in [0.1, 0.15) is 11.2 Å². The highest BCUT2D eigenvalue weighted by molar-refractivity contribution is 7.98. The number of fused-ring (bicyclic) bond motifs is 1. The van der Waals surface area contributed by atoms with E-state index in [0.717, 1.165) is 17.9 Å². The Bertz CT molecular complexity index is 682. The van der Waals surface area contributed by atoms with Gasteiger partial charge in [0.05, 0.1) is 0 Å². The number of amides is 1. The Balaban J connectivity index is 2.27. The lowest BCUT2D eigenvalue weighted by Crippen LogP contribution is -2.32. The number of rotatable bonds is 5. The van der Waals surface area contributed by atoms with Crippen LogP contribution in [0.2, 0.25) is 0 Å². The highest BCUT2D eigenvalue weighted by Crippen LogP contribution is 2.02. The minimum absolute atomic E-state index is 0.0842. The average Bonchev–Trinajstić information content (AvgIpc) is 2.44. The van der Waals surface area contributed by atoms with E-state index in [1.807, 2.05) is 25.3 Å². The molecule has 1 amide bonds. The molecule has 0 bridgehead atoms. The van der Waals surface area contributed by atoms with E-state index in [-0.39, 0.29) is 17.0 Å². The highest BCUT2D eigenvalue weighted by atomic mass is 32.2. The van der Waals surface area contributed by atoms with Crippen LogP contribution < -0.4 is 10.9 Å². The minimum atomic E-state index is -0.360. The van der Waals surface area contributed by atoms with Crippen LogP contribution in [0.5, 0.6) is 0 Å². The molecule has 0 spiro atoms. The molecule has 0 saturated heterocycles. The molecule has 6 heteroatoms. The molecule has 2 aromatic rings. The Labute approximate surface area is 121 Å². The fraction of sp³-hybridized carbons (Fsp3) is 0.357. The third-order valence-corrected chi connectivity index (χ3v) is 3.68. The lowest BCUT2D eigenvalue weighted by molar-refractivity contribution is 0.0952. The van der Waals surface area contributed by atoms with E-state index >= 15 is 0 Å². The monoisotopic (exact) mass is 291 g/mol. The molecule has 2 heterocycles. The second kappa shape index (κ2) is 6.56. The predicted octanol–water partition coefficient (Wildman–Crippen LogP) is 1.49. The van der Waals surface area contributed by atoms with Crippen molar-refractivity contribution in [3.8, 4) is 0 Å². The van der Waals surface area contributed by atoms with Gasteiger partial charge in [0, 0.05) is 18.4 Å². The third-order valence-electron chi connectivity index (χ3n) is 2.98. The molecule has 0 aliphatic heterocycles. The molecule has 20 heavy (non-hydrogen) atoms. The van der Waals surface area contributed by atoms with Crippen molar-refractivity contribution in [2.45, 2.75) is 13.3 Å². The maximum absolute atomic E-state index is 12.3. The summed E-state index contributed by atoms with van der Waals surface area (Å²) in [4.78, 5) is 28.5. The summed E-state index contributed by atoms with van der Waals surface area (Å²) in [5.74, 6) is 0.621.